The Balaban J connectivity index is 2.57. The lowest BCUT2D eigenvalue weighted by molar-refractivity contribution is -0.144. The smallest absolute Gasteiger partial charge is 0.322 e. The highest BCUT2D eigenvalue weighted by molar-refractivity contribution is 5.75. The largest absolute Gasteiger partial charge is 0.468 e. The summed E-state index contributed by atoms with van der Waals surface area (Å²) in [5.74, 6) is -0.133. The summed E-state index contributed by atoms with van der Waals surface area (Å²) < 4.78 is 10.1. The van der Waals surface area contributed by atoms with Crippen molar-refractivity contribution < 1.29 is 24.2 Å². The zero-order chi connectivity index (χ0) is 20.2. The van der Waals surface area contributed by atoms with E-state index in [1.54, 1.807) is 6.92 Å². The average Bonchev–Trinajstić information content (AvgIpc) is 2.98. The summed E-state index contributed by atoms with van der Waals surface area (Å²) in [6.07, 6.45) is 10.2. The molecule has 156 valence electrons. The minimum atomic E-state index is -0.352. The molecule has 0 aromatic heterocycles. The van der Waals surface area contributed by atoms with E-state index in [0.29, 0.717) is 6.54 Å². The number of carbonyl (C=O) groups is 2. The molecule has 1 aliphatic carbocycles. The standard InChI is InChI=1S/C21H37NO5/c1-5-6-7-8-18(27-16(3)23)11-9-17-10-12-20(24)19(17)13-14-22-15(2)21(25)26-4/h9,11,15,17-20,22,24H,5-8,10,12-14H2,1-4H3/b11-9+/t15-,17-,18-,19+,20?/m0/s1. The minimum Gasteiger partial charge on any atom is -0.468 e. The number of hydrogen-bond acceptors (Lipinski definition) is 6. The van der Waals surface area contributed by atoms with Crippen molar-refractivity contribution in [1.29, 1.82) is 0 Å². The van der Waals surface area contributed by atoms with Gasteiger partial charge in [0.05, 0.1) is 13.2 Å². The first-order valence-electron chi connectivity index (χ1n) is 10.2. The van der Waals surface area contributed by atoms with Gasteiger partial charge in [0.1, 0.15) is 12.1 Å². The summed E-state index contributed by atoms with van der Waals surface area (Å²) >= 11 is 0. The molecule has 2 N–H and O–H groups in total. The molecule has 1 rings (SSSR count). The number of methoxy groups -OCH3 is 1. The van der Waals surface area contributed by atoms with Gasteiger partial charge in [0.2, 0.25) is 0 Å². The van der Waals surface area contributed by atoms with Crippen molar-refractivity contribution >= 4 is 11.9 Å². The molecule has 0 amide bonds. The van der Waals surface area contributed by atoms with E-state index in [9.17, 15) is 14.7 Å². The lowest BCUT2D eigenvalue weighted by atomic mass is 9.90. The zero-order valence-electron chi connectivity index (χ0n) is 17.3. The molecule has 27 heavy (non-hydrogen) atoms. The molecule has 1 unspecified atom stereocenters. The molecule has 6 heteroatoms. The minimum absolute atomic E-state index is 0.146. The van der Waals surface area contributed by atoms with Gasteiger partial charge in [-0.05, 0) is 63.5 Å². The van der Waals surface area contributed by atoms with Gasteiger partial charge < -0.3 is 19.9 Å². The molecule has 1 fully saturated rings. The number of carbonyl (C=O) groups excluding carboxylic acids is 2. The van der Waals surface area contributed by atoms with Crippen LogP contribution in [0.25, 0.3) is 0 Å². The molecule has 1 saturated carbocycles. The van der Waals surface area contributed by atoms with Crippen LogP contribution in [0.15, 0.2) is 12.2 Å². The topological polar surface area (TPSA) is 84.9 Å². The van der Waals surface area contributed by atoms with Crippen molar-refractivity contribution in [3.05, 3.63) is 12.2 Å². The van der Waals surface area contributed by atoms with Crippen LogP contribution < -0.4 is 5.32 Å². The number of hydrogen-bond donors (Lipinski definition) is 2. The molecule has 0 radical (unpaired) electrons. The van der Waals surface area contributed by atoms with Crippen LogP contribution in [-0.4, -0.2) is 48.9 Å². The number of esters is 2. The molecule has 0 aliphatic heterocycles. The van der Waals surface area contributed by atoms with E-state index in [2.05, 4.69) is 18.3 Å². The van der Waals surface area contributed by atoms with E-state index in [4.69, 9.17) is 9.47 Å². The highest BCUT2D eigenvalue weighted by Crippen LogP contribution is 2.35. The average molecular weight is 384 g/mol. The van der Waals surface area contributed by atoms with E-state index in [1.807, 2.05) is 6.08 Å². The number of aliphatic hydroxyl groups excluding tert-OH is 1. The fourth-order valence-electron chi connectivity index (χ4n) is 3.72. The predicted octanol–water partition coefficient (Wildman–Crippen LogP) is 2.98. The number of allylic oxidation sites excluding steroid dienone is 1. The molecular formula is C21H37NO5. The van der Waals surface area contributed by atoms with Crippen molar-refractivity contribution in [2.75, 3.05) is 13.7 Å². The molecule has 6 nitrogen and oxygen atoms in total. The summed E-state index contributed by atoms with van der Waals surface area (Å²) in [6.45, 7) is 6.01. The second-order valence-electron chi connectivity index (χ2n) is 7.49. The fourth-order valence-corrected chi connectivity index (χ4v) is 3.72. The number of unbranched alkanes of at least 4 members (excludes halogenated alkanes) is 2. The van der Waals surface area contributed by atoms with E-state index in [0.717, 1.165) is 44.9 Å². The predicted molar refractivity (Wildman–Crippen MR) is 105 cm³/mol. The zero-order valence-corrected chi connectivity index (χ0v) is 17.3. The van der Waals surface area contributed by atoms with Gasteiger partial charge in [0.15, 0.2) is 0 Å². The normalized spacial score (nSPS) is 24.7. The van der Waals surface area contributed by atoms with Gasteiger partial charge in [0.25, 0.3) is 0 Å². The summed E-state index contributed by atoms with van der Waals surface area (Å²) in [4.78, 5) is 22.8. The van der Waals surface area contributed by atoms with Crippen molar-refractivity contribution in [2.45, 2.75) is 84.0 Å². The Morgan fingerprint density at radius 2 is 2.04 bits per heavy atom. The van der Waals surface area contributed by atoms with Crippen LogP contribution >= 0.6 is 0 Å². The van der Waals surface area contributed by atoms with Crippen LogP contribution in [0, 0.1) is 11.8 Å². The van der Waals surface area contributed by atoms with E-state index in [-0.39, 0.29) is 42.0 Å². The summed E-state index contributed by atoms with van der Waals surface area (Å²) in [6, 6.07) is -0.352. The third-order valence-corrected chi connectivity index (χ3v) is 5.31. The maximum atomic E-state index is 11.5. The Morgan fingerprint density at radius 3 is 2.67 bits per heavy atom. The summed E-state index contributed by atoms with van der Waals surface area (Å²) in [5, 5.41) is 13.5. The lowest BCUT2D eigenvalue weighted by Crippen LogP contribution is -2.37. The van der Waals surface area contributed by atoms with Gasteiger partial charge in [0, 0.05) is 6.92 Å². The van der Waals surface area contributed by atoms with Gasteiger partial charge in [-0.25, -0.2) is 0 Å². The van der Waals surface area contributed by atoms with Crippen molar-refractivity contribution in [1.82, 2.24) is 5.32 Å². The van der Waals surface area contributed by atoms with Crippen LogP contribution in [-0.2, 0) is 19.1 Å². The molecule has 0 bridgehead atoms. The van der Waals surface area contributed by atoms with E-state index in [1.165, 1.54) is 14.0 Å². The van der Waals surface area contributed by atoms with Gasteiger partial charge in [-0.15, -0.1) is 0 Å². The highest BCUT2D eigenvalue weighted by Gasteiger charge is 2.33. The van der Waals surface area contributed by atoms with Crippen molar-refractivity contribution in [3.63, 3.8) is 0 Å². The summed E-state index contributed by atoms with van der Waals surface area (Å²) in [7, 11) is 1.38. The molecule has 1 aliphatic rings. The molecular weight excluding hydrogens is 346 g/mol. The molecule has 0 aromatic rings. The Labute approximate surface area is 163 Å². The second kappa shape index (κ2) is 12.9. The highest BCUT2D eigenvalue weighted by atomic mass is 16.5. The van der Waals surface area contributed by atoms with Crippen LogP contribution in [0.1, 0.15) is 65.7 Å². The van der Waals surface area contributed by atoms with Gasteiger partial charge >= 0.3 is 11.9 Å². The third kappa shape index (κ3) is 8.89. The first-order valence-corrected chi connectivity index (χ1v) is 10.2. The van der Waals surface area contributed by atoms with Crippen LogP contribution in [0.3, 0.4) is 0 Å². The molecule has 0 heterocycles. The number of rotatable bonds is 12. The monoisotopic (exact) mass is 383 g/mol. The van der Waals surface area contributed by atoms with Gasteiger partial charge in [-0.2, -0.15) is 0 Å². The van der Waals surface area contributed by atoms with Crippen molar-refractivity contribution in [2.24, 2.45) is 11.8 Å². The maximum absolute atomic E-state index is 11.5. The third-order valence-electron chi connectivity index (χ3n) is 5.31. The van der Waals surface area contributed by atoms with Gasteiger partial charge in [-0.1, -0.05) is 25.8 Å². The SMILES string of the molecule is CCCCC[C@@H](/C=C/[C@H]1CCC(O)[C@@H]1CCN[C@@H](C)C(=O)OC)OC(C)=O. The van der Waals surface area contributed by atoms with E-state index < -0.39 is 0 Å². The number of ether oxygens (including phenoxy) is 2. The Kier molecular flexibility index (Phi) is 11.3. The van der Waals surface area contributed by atoms with E-state index >= 15 is 0 Å². The van der Waals surface area contributed by atoms with Crippen LogP contribution in [0.2, 0.25) is 0 Å². The van der Waals surface area contributed by atoms with Crippen molar-refractivity contribution in [3.8, 4) is 0 Å². The first kappa shape index (κ1) is 23.6. The molecule has 0 saturated heterocycles. The first-order chi connectivity index (χ1) is 12.9. The molecule has 0 spiro atoms. The molecule has 5 atom stereocenters. The second-order valence-corrected chi connectivity index (χ2v) is 7.49. The molecule has 0 aromatic carbocycles. The Hall–Kier alpha value is -1.40. The quantitative estimate of drug-likeness (QED) is 0.306. The lowest BCUT2D eigenvalue weighted by Gasteiger charge is -2.22. The Morgan fingerprint density at radius 1 is 1.30 bits per heavy atom. The number of nitrogens with one attached hydrogen (secondary N) is 1. The Bertz CT molecular complexity index is 479. The van der Waals surface area contributed by atoms with Crippen LogP contribution in [0.5, 0.6) is 0 Å². The fraction of sp³-hybridized carbons (Fsp3) is 0.810. The van der Waals surface area contributed by atoms with Crippen LogP contribution in [0.4, 0.5) is 0 Å². The number of aliphatic hydroxyl groups is 1. The summed E-state index contributed by atoms with van der Waals surface area (Å²) in [5.41, 5.74) is 0. The maximum Gasteiger partial charge on any atom is 0.322 e. The van der Waals surface area contributed by atoms with Gasteiger partial charge in [-0.3, -0.25) is 9.59 Å².